The Balaban J connectivity index is 1.54. The van der Waals surface area contributed by atoms with Crippen LogP contribution in [0.3, 0.4) is 0 Å². The van der Waals surface area contributed by atoms with Gasteiger partial charge in [-0.05, 0) is 35.0 Å². The first kappa shape index (κ1) is 18.1. The van der Waals surface area contributed by atoms with Gasteiger partial charge < -0.3 is 5.32 Å². The number of hydrogen-bond donors (Lipinski definition) is 1. The van der Waals surface area contributed by atoms with E-state index in [1.165, 1.54) is 21.5 Å². The van der Waals surface area contributed by atoms with E-state index in [1.807, 2.05) is 30.3 Å². The van der Waals surface area contributed by atoms with Gasteiger partial charge in [0.05, 0.1) is 0 Å². The highest BCUT2D eigenvalue weighted by molar-refractivity contribution is 7.99. The molecule has 1 heterocycles. The molecular formula is C19H21N5OS. The van der Waals surface area contributed by atoms with Gasteiger partial charge in [-0.1, -0.05) is 48.0 Å². The minimum atomic E-state index is -0.461. The first-order valence-corrected chi connectivity index (χ1v) is 9.44. The minimum Gasteiger partial charge on any atom is -0.353 e. The Morgan fingerprint density at radius 3 is 2.62 bits per heavy atom. The maximum absolute atomic E-state index is 12.7. The van der Waals surface area contributed by atoms with Gasteiger partial charge in [0.15, 0.2) is 0 Å². The number of amides is 1. The highest BCUT2D eigenvalue weighted by Gasteiger charge is 2.21. The zero-order valence-corrected chi connectivity index (χ0v) is 15.4. The topological polar surface area (TPSA) is 72.7 Å². The SMILES string of the molecule is Cc1ccc(SCCNC(=O)C(Cc2ccccc2)n2cnnn2)cc1. The maximum Gasteiger partial charge on any atom is 0.245 e. The normalized spacial score (nSPS) is 11.9. The van der Waals surface area contributed by atoms with Crippen molar-refractivity contribution >= 4 is 17.7 Å². The van der Waals surface area contributed by atoms with Gasteiger partial charge in [0, 0.05) is 23.6 Å². The second kappa shape index (κ2) is 9.15. The Bertz CT molecular complexity index is 806. The number of tetrazole rings is 1. The quantitative estimate of drug-likeness (QED) is 0.489. The van der Waals surface area contributed by atoms with Crippen molar-refractivity contribution in [2.45, 2.75) is 24.3 Å². The second-order valence-electron chi connectivity index (χ2n) is 5.95. The molecular weight excluding hydrogens is 346 g/mol. The molecule has 1 N–H and O–H groups in total. The smallest absolute Gasteiger partial charge is 0.245 e. The first-order valence-electron chi connectivity index (χ1n) is 8.46. The molecule has 0 aliphatic carbocycles. The van der Waals surface area contributed by atoms with Crippen molar-refractivity contribution in [3.63, 3.8) is 0 Å². The van der Waals surface area contributed by atoms with Crippen LogP contribution in [0.15, 0.2) is 65.8 Å². The van der Waals surface area contributed by atoms with Gasteiger partial charge in [0.25, 0.3) is 0 Å². The summed E-state index contributed by atoms with van der Waals surface area (Å²) in [4.78, 5) is 13.9. The van der Waals surface area contributed by atoms with E-state index in [4.69, 9.17) is 0 Å². The highest BCUT2D eigenvalue weighted by Crippen LogP contribution is 2.18. The fourth-order valence-electron chi connectivity index (χ4n) is 2.55. The lowest BCUT2D eigenvalue weighted by atomic mass is 10.1. The molecule has 0 aliphatic heterocycles. The summed E-state index contributed by atoms with van der Waals surface area (Å²) in [6.07, 6.45) is 2.02. The largest absolute Gasteiger partial charge is 0.353 e. The van der Waals surface area contributed by atoms with Crippen LogP contribution in [0.25, 0.3) is 0 Å². The van der Waals surface area contributed by atoms with Crippen molar-refractivity contribution in [1.29, 1.82) is 0 Å². The number of rotatable bonds is 8. The van der Waals surface area contributed by atoms with Crippen LogP contribution < -0.4 is 5.32 Å². The Labute approximate surface area is 157 Å². The molecule has 0 fully saturated rings. The molecule has 0 aliphatic rings. The van der Waals surface area contributed by atoms with E-state index in [-0.39, 0.29) is 5.91 Å². The number of carbonyl (C=O) groups is 1. The van der Waals surface area contributed by atoms with E-state index >= 15 is 0 Å². The molecule has 6 nitrogen and oxygen atoms in total. The van der Waals surface area contributed by atoms with Crippen molar-refractivity contribution in [3.8, 4) is 0 Å². The molecule has 2 aromatic carbocycles. The summed E-state index contributed by atoms with van der Waals surface area (Å²) in [7, 11) is 0. The minimum absolute atomic E-state index is 0.0781. The Morgan fingerprint density at radius 2 is 1.92 bits per heavy atom. The molecule has 1 atom stereocenters. The van der Waals surface area contributed by atoms with Gasteiger partial charge in [0.2, 0.25) is 5.91 Å². The molecule has 3 aromatic rings. The summed E-state index contributed by atoms with van der Waals surface area (Å²) in [6, 6.07) is 17.8. The predicted molar refractivity (Wildman–Crippen MR) is 102 cm³/mol. The van der Waals surface area contributed by atoms with Gasteiger partial charge in [0.1, 0.15) is 12.4 Å². The number of carbonyl (C=O) groups excluding carboxylic acids is 1. The lowest BCUT2D eigenvalue weighted by Gasteiger charge is -2.16. The van der Waals surface area contributed by atoms with Crippen LogP contribution in [0.5, 0.6) is 0 Å². The molecule has 7 heteroatoms. The maximum atomic E-state index is 12.7. The van der Waals surface area contributed by atoms with E-state index in [9.17, 15) is 4.79 Å². The third-order valence-corrected chi connectivity index (χ3v) is 4.96. The lowest BCUT2D eigenvalue weighted by molar-refractivity contribution is -0.124. The number of aryl methyl sites for hydroxylation is 1. The van der Waals surface area contributed by atoms with Crippen molar-refractivity contribution < 1.29 is 4.79 Å². The molecule has 0 radical (unpaired) electrons. The van der Waals surface area contributed by atoms with E-state index in [0.29, 0.717) is 13.0 Å². The van der Waals surface area contributed by atoms with Crippen LogP contribution in [-0.4, -0.2) is 38.4 Å². The lowest BCUT2D eigenvalue weighted by Crippen LogP contribution is -2.35. The average Bonchev–Trinajstić information content (AvgIpc) is 3.20. The first-order chi connectivity index (χ1) is 12.7. The van der Waals surface area contributed by atoms with Crippen LogP contribution >= 0.6 is 11.8 Å². The molecule has 3 rings (SSSR count). The summed E-state index contributed by atoms with van der Waals surface area (Å²) in [5.41, 5.74) is 2.31. The molecule has 1 unspecified atom stereocenters. The van der Waals surface area contributed by atoms with Gasteiger partial charge in [-0.25, -0.2) is 4.68 Å². The molecule has 1 aromatic heterocycles. The number of thioether (sulfide) groups is 1. The zero-order chi connectivity index (χ0) is 18.2. The van der Waals surface area contributed by atoms with Crippen molar-refractivity contribution in [2.24, 2.45) is 0 Å². The van der Waals surface area contributed by atoms with Crippen LogP contribution in [0, 0.1) is 6.92 Å². The van der Waals surface area contributed by atoms with Crippen LogP contribution in [0.1, 0.15) is 17.2 Å². The van der Waals surface area contributed by atoms with E-state index in [0.717, 1.165) is 11.3 Å². The molecule has 0 saturated carbocycles. The Kier molecular flexibility index (Phi) is 6.38. The molecule has 1 amide bonds. The number of nitrogens with zero attached hydrogens (tertiary/aromatic N) is 4. The van der Waals surface area contributed by atoms with Crippen molar-refractivity contribution in [2.75, 3.05) is 12.3 Å². The summed E-state index contributed by atoms with van der Waals surface area (Å²) >= 11 is 1.72. The zero-order valence-electron chi connectivity index (χ0n) is 14.6. The number of benzene rings is 2. The number of nitrogens with one attached hydrogen (secondary N) is 1. The highest BCUT2D eigenvalue weighted by atomic mass is 32.2. The third kappa shape index (κ3) is 5.16. The predicted octanol–water partition coefficient (Wildman–Crippen LogP) is 2.67. The fourth-order valence-corrected chi connectivity index (χ4v) is 3.32. The van der Waals surface area contributed by atoms with Crippen molar-refractivity contribution in [1.82, 2.24) is 25.5 Å². The van der Waals surface area contributed by atoms with Gasteiger partial charge in [-0.2, -0.15) is 0 Å². The molecule has 0 spiro atoms. The summed E-state index contributed by atoms with van der Waals surface area (Å²) in [5.74, 6) is 0.730. The van der Waals surface area contributed by atoms with Gasteiger partial charge in [-0.15, -0.1) is 16.9 Å². The van der Waals surface area contributed by atoms with Crippen LogP contribution in [0.4, 0.5) is 0 Å². The Morgan fingerprint density at radius 1 is 1.15 bits per heavy atom. The van der Waals surface area contributed by atoms with Crippen LogP contribution in [-0.2, 0) is 11.2 Å². The second-order valence-corrected chi connectivity index (χ2v) is 7.12. The third-order valence-electron chi connectivity index (χ3n) is 3.95. The molecule has 26 heavy (non-hydrogen) atoms. The van der Waals surface area contributed by atoms with Crippen LogP contribution in [0.2, 0.25) is 0 Å². The summed E-state index contributed by atoms with van der Waals surface area (Å²) in [5, 5.41) is 14.2. The van der Waals surface area contributed by atoms with Gasteiger partial charge >= 0.3 is 0 Å². The average molecular weight is 367 g/mol. The molecule has 0 saturated heterocycles. The monoisotopic (exact) mass is 367 g/mol. The van der Waals surface area contributed by atoms with Crippen molar-refractivity contribution in [3.05, 3.63) is 72.1 Å². The van der Waals surface area contributed by atoms with E-state index < -0.39 is 6.04 Å². The van der Waals surface area contributed by atoms with E-state index in [2.05, 4.69) is 52.0 Å². The number of hydrogen-bond acceptors (Lipinski definition) is 5. The Hall–Kier alpha value is -2.67. The van der Waals surface area contributed by atoms with Gasteiger partial charge in [-0.3, -0.25) is 4.79 Å². The standard InChI is InChI=1S/C19H21N5OS/c1-15-7-9-17(10-8-15)26-12-11-20-19(25)18(24-14-21-22-23-24)13-16-5-3-2-4-6-16/h2-10,14,18H,11-13H2,1H3,(H,20,25). The summed E-state index contributed by atoms with van der Waals surface area (Å²) < 4.78 is 1.51. The molecule has 0 bridgehead atoms. The molecule has 134 valence electrons. The van der Waals surface area contributed by atoms with E-state index in [1.54, 1.807) is 11.8 Å². The number of aromatic nitrogens is 4. The fraction of sp³-hybridized carbons (Fsp3) is 0.263. The summed E-state index contributed by atoms with van der Waals surface area (Å²) in [6.45, 7) is 2.66.